The Hall–Kier alpha value is -5.41. The average molecular weight is 644 g/mol. The maximum absolute atomic E-state index is 5.22. The van der Waals surface area contributed by atoms with Crippen molar-refractivity contribution in [3.63, 3.8) is 0 Å². The Morgan fingerprint density at radius 1 is 0.380 bits per heavy atom. The number of aromatic nitrogens is 3. The molecule has 6 aromatic carbocycles. The molecular formula is C47H37N3. The molecule has 0 amide bonds. The van der Waals surface area contributed by atoms with Gasteiger partial charge in [-0.05, 0) is 118 Å². The summed E-state index contributed by atoms with van der Waals surface area (Å²) < 4.78 is 0. The van der Waals surface area contributed by atoms with Gasteiger partial charge < -0.3 is 0 Å². The molecule has 240 valence electrons. The van der Waals surface area contributed by atoms with Gasteiger partial charge in [-0.2, -0.15) is 0 Å². The van der Waals surface area contributed by atoms with Gasteiger partial charge in [0.2, 0.25) is 0 Å². The number of benzene rings is 6. The van der Waals surface area contributed by atoms with Gasteiger partial charge in [0.1, 0.15) is 0 Å². The van der Waals surface area contributed by atoms with E-state index in [1.807, 2.05) is 6.07 Å². The van der Waals surface area contributed by atoms with Crippen LogP contribution in [0.25, 0.3) is 67.2 Å². The number of rotatable bonds is 4. The van der Waals surface area contributed by atoms with Crippen LogP contribution in [0.1, 0.15) is 43.2 Å². The number of fused-ring (bicyclic) bond motifs is 4. The van der Waals surface area contributed by atoms with E-state index in [-0.39, 0.29) is 5.41 Å². The van der Waals surface area contributed by atoms with Crippen LogP contribution in [0, 0.1) is 23.7 Å². The van der Waals surface area contributed by atoms with Crippen LogP contribution in [0.5, 0.6) is 0 Å². The van der Waals surface area contributed by atoms with Crippen LogP contribution in [-0.2, 0) is 5.41 Å². The van der Waals surface area contributed by atoms with Crippen molar-refractivity contribution in [3.8, 4) is 56.4 Å². The van der Waals surface area contributed by atoms with Crippen LogP contribution in [0.15, 0.2) is 140 Å². The molecule has 3 heteroatoms. The molecule has 1 spiro atoms. The number of nitrogens with zero attached hydrogens (tertiary/aromatic N) is 3. The molecule has 0 aliphatic heterocycles. The molecule has 12 rings (SSSR count). The highest BCUT2D eigenvalue weighted by molar-refractivity contribution is 5.94. The summed E-state index contributed by atoms with van der Waals surface area (Å²) in [5, 5.41) is 2.69. The molecule has 50 heavy (non-hydrogen) atoms. The summed E-state index contributed by atoms with van der Waals surface area (Å²) in [5.74, 6) is 5.31. The third kappa shape index (κ3) is 4.19. The quantitative estimate of drug-likeness (QED) is 0.192. The van der Waals surface area contributed by atoms with E-state index in [2.05, 4.69) is 133 Å². The summed E-state index contributed by atoms with van der Waals surface area (Å²) in [6.07, 6.45) is 6.88. The normalized spacial score (nSPS) is 24.1. The first-order valence-electron chi connectivity index (χ1n) is 18.4. The molecule has 1 heterocycles. The second-order valence-electron chi connectivity index (χ2n) is 15.3. The molecular weight excluding hydrogens is 607 g/mol. The zero-order valence-electron chi connectivity index (χ0n) is 28.0. The minimum atomic E-state index is 0.0590. The van der Waals surface area contributed by atoms with E-state index in [0.717, 1.165) is 34.4 Å². The third-order valence-electron chi connectivity index (χ3n) is 12.7. The molecule has 5 aliphatic rings. The van der Waals surface area contributed by atoms with E-state index in [1.54, 1.807) is 5.56 Å². The largest absolute Gasteiger partial charge is 0.208 e. The van der Waals surface area contributed by atoms with Crippen molar-refractivity contribution >= 4 is 10.8 Å². The Balaban J connectivity index is 1.09. The molecule has 0 radical (unpaired) electrons. The number of hydrogen-bond acceptors (Lipinski definition) is 3. The van der Waals surface area contributed by atoms with E-state index >= 15 is 0 Å². The van der Waals surface area contributed by atoms with Gasteiger partial charge >= 0.3 is 0 Å². The van der Waals surface area contributed by atoms with E-state index in [4.69, 9.17) is 15.0 Å². The SMILES string of the molecule is c1ccc(-c2ccc(-c3nc(-c4ccccc4)nc(-c4ccc5c(c4)C4(c6cc7ccccc7cc6-5)C5CC6CC(C5)CC4C6)n3)cc2)cc1. The fourth-order valence-electron chi connectivity index (χ4n) is 10.8. The first-order valence-corrected chi connectivity index (χ1v) is 18.4. The third-order valence-corrected chi connectivity index (χ3v) is 12.7. The zero-order chi connectivity index (χ0) is 32.8. The predicted molar refractivity (Wildman–Crippen MR) is 202 cm³/mol. The molecule has 4 bridgehead atoms. The zero-order valence-corrected chi connectivity index (χ0v) is 28.0. The van der Waals surface area contributed by atoms with Crippen LogP contribution >= 0.6 is 0 Å². The molecule has 0 unspecified atom stereocenters. The minimum Gasteiger partial charge on any atom is -0.208 e. The van der Waals surface area contributed by atoms with Crippen molar-refractivity contribution < 1.29 is 0 Å². The van der Waals surface area contributed by atoms with Crippen LogP contribution in [0.2, 0.25) is 0 Å². The Labute approximate surface area is 293 Å². The maximum atomic E-state index is 5.22. The Bertz CT molecular complexity index is 2400. The summed E-state index contributed by atoms with van der Waals surface area (Å²) in [6, 6.07) is 50.6. The molecule has 4 fully saturated rings. The summed E-state index contributed by atoms with van der Waals surface area (Å²) in [7, 11) is 0. The van der Waals surface area contributed by atoms with Crippen LogP contribution in [0.3, 0.4) is 0 Å². The van der Waals surface area contributed by atoms with Crippen molar-refractivity contribution in [1.82, 2.24) is 15.0 Å². The van der Waals surface area contributed by atoms with Gasteiger partial charge in [-0.3, -0.25) is 0 Å². The Kier molecular flexibility index (Phi) is 6.14. The lowest BCUT2D eigenvalue weighted by atomic mass is 9.43. The van der Waals surface area contributed by atoms with Gasteiger partial charge in [-0.25, -0.2) is 15.0 Å². The van der Waals surface area contributed by atoms with Gasteiger partial charge in [-0.15, -0.1) is 0 Å². The highest BCUT2D eigenvalue weighted by Crippen LogP contribution is 2.69. The molecule has 0 N–H and O–H groups in total. The van der Waals surface area contributed by atoms with Gasteiger partial charge in [0.05, 0.1) is 0 Å². The lowest BCUT2D eigenvalue weighted by Gasteiger charge is -2.61. The van der Waals surface area contributed by atoms with Crippen molar-refractivity contribution in [2.24, 2.45) is 23.7 Å². The fourth-order valence-corrected chi connectivity index (χ4v) is 10.8. The average Bonchev–Trinajstić information content (AvgIpc) is 3.45. The summed E-state index contributed by atoms with van der Waals surface area (Å²) >= 11 is 0. The predicted octanol–water partition coefficient (Wildman–Crippen LogP) is 11.4. The Morgan fingerprint density at radius 3 is 1.48 bits per heavy atom. The van der Waals surface area contributed by atoms with E-state index < -0.39 is 0 Å². The molecule has 0 saturated heterocycles. The van der Waals surface area contributed by atoms with Crippen molar-refractivity contribution in [2.45, 2.75) is 37.5 Å². The van der Waals surface area contributed by atoms with Crippen molar-refractivity contribution in [2.75, 3.05) is 0 Å². The highest BCUT2D eigenvalue weighted by atomic mass is 15.0. The van der Waals surface area contributed by atoms with Crippen LogP contribution < -0.4 is 0 Å². The van der Waals surface area contributed by atoms with Gasteiger partial charge in [0, 0.05) is 22.1 Å². The smallest absolute Gasteiger partial charge is 0.164 e. The molecule has 0 atom stereocenters. The lowest BCUT2D eigenvalue weighted by Crippen LogP contribution is -2.55. The van der Waals surface area contributed by atoms with Gasteiger partial charge in [0.25, 0.3) is 0 Å². The molecule has 3 nitrogen and oxygen atoms in total. The molecule has 5 aliphatic carbocycles. The van der Waals surface area contributed by atoms with E-state index in [0.29, 0.717) is 23.5 Å². The van der Waals surface area contributed by atoms with Crippen LogP contribution in [0.4, 0.5) is 0 Å². The van der Waals surface area contributed by atoms with Crippen molar-refractivity contribution in [1.29, 1.82) is 0 Å². The summed E-state index contributed by atoms with van der Waals surface area (Å²) in [5.41, 5.74) is 11.5. The monoisotopic (exact) mass is 643 g/mol. The summed E-state index contributed by atoms with van der Waals surface area (Å²) in [6.45, 7) is 0. The lowest BCUT2D eigenvalue weighted by molar-refractivity contribution is -0.0398. The van der Waals surface area contributed by atoms with Crippen LogP contribution in [-0.4, -0.2) is 15.0 Å². The van der Waals surface area contributed by atoms with E-state index in [9.17, 15) is 0 Å². The Morgan fingerprint density at radius 2 is 0.840 bits per heavy atom. The topological polar surface area (TPSA) is 38.7 Å². The van der Waals surface area contributed by atoms with Crippen molar-refractivity contribution in [3.05, 3.63) is 151 Å². The molecule has 7 aromatic rings. The highest BCUT2D eigenvalue weighted by Gasteiger charge is 2.61. The first-order chi connectivity index (χ1) is 24.7. The summed E-state index contributed by atoms with van der Waals surface area (Å²) in [4.78, 5) is 15.5. The second kappa shape index (κ2) is 10.8. The van der Waals surface area contributed by atoms with Gasteiger partial charge in [0.15, 0.2) is 17.5 Å². The molecule has 4 saturated carbocycles. The standard InChI is InChI=1S/C47H37N3/c1-3-9-31(10-4-1)32-15-17-34(18-16-32)45-48-44(33-11-5-2-6-12-33)49-46(50-45)37-19-20-40-41-26-35-13-7-8-14-36(35)27-43(41)47(42(40)28-37)38-22-29-21-30(24-38)25-39(47)23-29/h1-20,26-30,38-39H,21-25H2. The number of hydrogen-bond donors (Lipinski definition) is 0. The second-order valence-corrected chi connectivity index (χ2v) is 15.3. The maximum Gasteiger partial charge on any atom is 0.164 e. The van der Waals surface area contributed by atoms with Gasteiger partial charge in [-0.1, -0.05) is 121 Å². The molecule has 1 aromatic heterocycles. The fraction of sp³-hybridized carbons (Fsp3) is 0.213. The first kappa shape index (κ1) is 28.4. The van der Waals surface area contributed by atoms with E-state index in [1.165, 1.54) is 70.7 Å². The minimum absolute atomic E-state index is 0.0590.